The fourth-order valence-electron chi connectivity index (χ4n) is 1.26. The topological polar surface area (TPSA) is 56.0 Å². The van der Waals surface area contributed by atoms with E-state index in [9.17, 15) is 5.11 Å². The Morgan fingerprint density at radius 2 is 2.27 bits per heavy atom. The molecule has 1 heterocycles. The molecule has 1 saturated heterocycles. The van der Waals surface area contributed by atoms with E-state index in [1.165, 1.54) is 0 Å². The molecule has 0 aromatic rings. The van der Waals surface area contributed by atoms with Gasteiger partial charge in [0.25, 0.3) is 0 Å². The van der Waals surface area contributed by atoms with Gasteiger partial charge in [0, 0.05) is 13.1 Å². The normalized spacial score (nSPS) is 26.4. The Hall–Kier alpha value is -0.590. The molecule has 1 aliphatic heterocycles. The monoisotopic (exact) mass is 154 g/mol. The molecule has 11 heavy (non-hydrogen) atoms. The highest BCUT2D eigenvalue weighted by molar-refractivity contribution is 5.14. The molecule has 0 spiro atoms. The maximum atomic E-state index is 9.84. The van der Waals surface area contributed by atoms with Crippen molar-refractivity contribution in [3.05, 3.63) is 0 Å². The number of rotatable bonds is 2. The lowest BCUT2D eigenvalue weighted by atomic mass is 9.69. The van der Waals surface area contributed by atoms with Gasteiger partial charge in [-0.05, 0) is 13.3 Å². The van der Waals surface area contributed by atoms with Crippen molar-refractivity contribution in [3.63, 3.8) is 0 Å². The van der Waals surface area contributed by atoms with E-state index in [-0.39, 0.29) is 0 Å². The third kappa shape index (κ3) is 1.03. The second-order valence-electron chi connectivity index (χ2n) is 3.43. The minimum absolute atomic E-state index is 0.547. The van der Waals surface area contributed by atoms with Gasteiger partial charge in [-0.1, -0.05) is 6.92 Å². The van der Waals surface area contributed by atoms with Crippen molar-refractivity contribution in [3.8, 4) is 6.07 Å². The maximum Gasteiger partial charge on any atom is 0.108 e. The van der Waals surface area contributed by atoms with Crippen LogP contribution in [0.2, 0.25) is 0 Å². The lowest BCUT2D eigenvalue weighted by Gasteiger charge is -2.47. The van der Waals surface area contributed by atoms with Crippen molar-refractivity contribution in [2.24, 2.45) is 5.41 Å². The highest BCUT2D eigenvalue weighted by Gasteiger charge is 2.50. The third-order valence-corrected chi connectivity index (χ3v) is 2.82. The average Bonchev–Trinajstić information content (AvgIpc) is 1.98. The fourth-order valence-corrected chi connectivity index (χ4v) is 1.26. The van der Waals surface area contributed by atoms with Crippen molar-refractivity contribution in [2.75, 3.05) is 13.1 Å². The van der Waals surface area contributed by atoms with Crippen molar-refractivity contribution in [1.82, 2.24) is 5.32 Å². The average molecular weight is 154 g/mol. The van der Waals surface area contributed by atoms with Gasteiger partial charge in [-0.25, -0.2) is 0 Å². The van der Waals surface area contributed by atoms with E-state index in [4.69, 9.17) is 5.26 Å². The zero-order chi connectivity index (χ0) is 8.54. The molecule has 1 atom stereocenters. The van der Waals surface area contributed by atoms with E-state index in [0.717, 1.165) is 0 Å². The van der Waals surface area contributed by atoms with E-state index in [0.29, 0.717) is 19.5 Å². The van der Waals surface area contributed by atoms with Gasteiger partial charge < -0.3 is 10.4 Å². The highest BCUT2D eigenvalue weighted by atomic mass is 16.3. The molecule has 0 bridgehead atoms. The molecule has 2 N–H and O–H groups in total. The second kappa shape index (κ2) is 2.47. The van der Waals surface area contributed by atoms with Gasteiger partial charge in [-0.3, -0.25) is 0 Å². The first-order chi connectivity index (χ1) is 5.08. The van der Waals surface area contributed by atoms with E-state index >= 15 is 0 Å². The molecule has 0 aliphatic carbocycles. The van der Waals surface area contributed by atoms with Crippen LogP contribution in [0.1, 0.15) is 20.3 Å². The van der Waals surface area contributed by atoms with Gasteiger partial charge in [0.2, 0.25) is 0 Å². The summed E-state index contributed by atoms with van der Waals surface area (Å²) in [5.74, 6) is 0. The van der Waals surface area contributed by atoms with Crippen molar-refractivity contribution in [2.45, 2.75) is 25.9 Å². The Labute approximate surface area is 67.0 Å². The quantitative estimate of drug-likeness (QED) is 0.600. The van der Waals surface area contributed by atoms with Crippen LogP contribution in [0.3, 0.4) is 0 Å². The Bertz CT molecular complexity index is 193. The number of nitrogens with zero attached hydrogens (tertiary/aromatic N) is 1. The van der Waals surface area contributed by atoms with Crippen molar-refractivity contribution >= 4 is 0 Å². The van der Waals surface area contributed by atoms with Crippen LogP contribution in [0.15, 0.2) is 0 Å². The maximum absolute atomic E-state index is 9.84. The van der Waals surface area contributed by atoms with Crippen LogP contribution in [0.5, 0.6) is 0 Å². The molecular formula is C8H14N2O. The van der Waals surface area contributed by atoms with E-state index < -0.39 is 11.0 Å². The van der Waals surface area contributed by atoms with Gasteiger partial charge in [0.05, 0.1) is 11.5 Å². The van der Waals surface area contributed by atoms with Crippen molar-refractivity contribution < 1.29 is 5.11 Å². The Kier molecular flexibility index (Phi) is 1.91. The van der Waals surface area contributed by atoms with Crippen LogP contribution >= 0.6 is 0 Å². The largest absolute Gasteiger partial charge is 0.386 e. The summed E-state index contributed by atoms with van der Waals surface area (Å²) in [6, 6.07) is 2.18. The molecule has 1 rings (SSSR count). The molecule has 0 saturated carbocycles. The molecular weight excluding hydrogens is 140 g/mol. The molecule has 1 fully saturated rings. The smallest absolute Gasteiger partial charge is 0.108 e. The predicted molar refractivity (Wildman–Crippen MR) is 41.8 cm³/mol. The van der Waals surface area contributed by atoms with Crippen LogP contribution in [0.4, 0.5) is 0 Å². The van der Waals surface area contributed by atoms with Gasteiger partial charge >= 0.3 is 0 Å². The lowest BCUT2D eigenvalue weighted by Crippen LogP contribution is -2.67. The Morgan fingerprint density at radius 3 is 2.36 bits per heavy atom. The second-order valence-corrected chi connectivity index (χ2v) is 3.43. The van der Waals surface area contributed by atoms with Gasteiger partial charge in [-0.15, -0.1) is 0 Å². The molecule has 3 nitrogen and oxygen atoms in total. The van der Waals surface area contributed by atoms with Gasteiger partial charge in [0.1, 0.15) is 5.60 Å². The predicted octanol–water partition coefficient (Wildman–Crippen LogP) is 0.261. The molecule has 62 valence electrons. The van der Waals surface area contributed by atoms with Crippen LogP contribution in [-0.2, 0) is 0 Å². The molecule has 3 heteroatoms. The molecule has 0 radical (unpaired) electrons. The van der Waals surface area contributed by atoms with E-state index in [2.05, 4.69) is 11.4 Å². The first-order valence-electron chi connectivity index (χ1n) is 3.92. The number of nitrogens with one attached hydrogen (secondary N) is 1. The van der Waals surface area contributed by atoms with Gasteiger partial charge in [-0.2, -0.15) is 5.26 Å². The standard InChI is InChI=1S/C8H14N2O/c1-3-7(2,4-9)8(11)5-10-6-8/h10-11H,3,5-6H2,1-2H3. The summed E-state index contributed by atoms with van der Waals surface area (Å²) < 4.78 is 0. The van der Waals surface area contributed by atoms with E-state index in [1.54, 1.807) is 0 Å². The summed E-state index contributed by atoms with van der Waals surface area (Å²) in [5.41, 5.74) is -1.38. The van der Waals surface area contributed by atoms with Gasteiger partial charge in [0.15, 0.2) is 0 Å². The highest BCUT2D eigenvalue weighted by Crippen LogP contribution is 2.36. The number of hydrogen-bond acceptors (Lipinski definition) is 3. The molecule has 0 aromatic heterocycles. The van der Waals surface area contributed by atoms with Crippen LogP contribution in [-0.4, -0.2) is 23.8 Å². The number of hydrogen-bond donors (Lipinski definition) is 2. The zero-order valence-corrected chi connectivity index (χ0v) is 7.02. The first kappa shape index (κ1) is 8.51. The SMILES string of the molecule is CCC(C)(C#N)C1(O)CNC1. The minimum atomic E-state index is -0.795. The summed E-state index contributed by atoms with van der Waals surface area (Å²) in [5, 5.41) is 21.7. The minimum Gasteiger partial charge on any atom is -0.386 e. The third-order valence-electron chi connectivity index (χ3n) is 2.82. The summed E-state index contributed by atoms with van der Waals surface area (Å²) in [4.78, 5) is 0. The van der Waals surface area contributed by atoms with Crippen molar-refractivity contribution in [1.29, 1.82) is 5.26 Å². The number of nitriles is 1. The van der Waals surface area contributed by atoms with Crippen LogP contribution in [0.25, 0.3) is 0 Å². The summed E-state index contributed by atoms with van der Waals surface area (Å²) in [6.45, 7) is 4.84. The fraction of sp³-hybridized carbons (Fsp3) is 0.875. The summed E-state index contributed by atoms with van der Waals surface area (Å²) in [7, 11) is 0. The Balaban J connectivity index is 2.77. The Morgan fingerprint density at radius 1 is 1.73 bits per heavy atom. The van der Waals surface area contributed by atoms with Crippen LogP contribution in [0, 0.1) is 16.7 Å². The van der Waals surface area contributed by atoms with Crippen LogP contribution < -0.4 is 5.32 Å². The number of β-amino-alcohol motifs (C(OH)–C–C–N with tert-alkyl or cyclic N) is 1. The molecule has 0 amide bonds. The van der Waals surface area contributed by atoms with E-state index in [1.807, 2.05) is 13.8 Å². The molecule has 1 unspecified atom stereocenters. The lowest BCUT2D eigenvalue weighted by molar-refractivity contribution is -0.0882. The summed E-state index contributed by atoms with van der Waals surface area (Å²) in [6.07, 6.45) is 0.696. The molecule has 0 aromatic carbocycles. The zero-order valence-electron chi connectivity index (χ0n) is 7.02. The first-order valence-corrected chi connectivity index (χ1v) is 3.92. The number of aliphatic hydroxyl groups is 1. The summed E-state index contributed by atoms with van der Waals surface area (Å²) >= 11 is 0. The molecule has 1 aliphatic rings.